The van der Waals surface area contributed by atoms with Crippen molar-refractivity contribution in [2.24, 2.45) is 0 Å². The number of hydrogen-bond acceptors (Lipinski definition) is 5. The molecule has 1 atom stereocenters. The molecule has 0 radical (unpaired) electrons. The number of carbonyl (C=O) groups excluding carboxylic acids is 4. The van der Waals surface area contributed by atoms with Gasteiger partial charge in [-0.2, -0.15) is 0 Å². The highest BCUT2D eigenvalue weighted by Gasteiger charge is 2.46. The van der Waals surface area contributed by atoms with E-state index in [1.165, 1.54) is 19.2 Å². The Morgan fingerprint density at radius 3 is 2.22 bits per heavy atom. The Morgan fingerprint density at radius 2 is 1.70 bits per heavy atom. The summed E-state index contributed by atoms with van der Waals surface area (Å²) in [6, 6.07) is 5.51. The van der Waals surface area contributed by atoms with Crippen molar-refractivity contribution in [2.45, 2.75) is 26.3 Å². The van der Waals surface area contributed by atoms with E-state index in [-0.39, 0.29) is 30.3 Å². The predicted octanol–water partition coefficient (Wildman–Crippen LogP) is -0.623. The summed E-state index contributed by atoms with van der Waals surface area (Å²) < 4.78 is 5.04. The molecule has 1 fully saturated rings. The van der Waals surface area contributed by atoms with Gasteiger partial charge in [-0.3, -0.25) is 14.4 Å². The lowest BCUT2D eigenvalue weighted by molar-refractivity contribution is -0.879. The lowest BCUT2D eigenvalue weighted by atomic mass is 10.1. The molecule has 1 saturated heterocycles. The van der Waals surface area contributed by atoms with Crippen LogP contribution < -0.4 is 19.9 Å². The van der Waals surface area contributed by atoms with Gasteiger partial charge in [-0.25, -0.2) is 14.6 Å². The molecule has 1 aromatic rings. The minimum Gasteiger partial charge on any atom is -0.497 e. The Morgan fingerprint density at radius 1 is 1.11 bits per heavy atom. The second-order valence-electron chi connectivity index (χ2n) is 7.44. The molecule has 1 aromatic carbocycles. The van der Waals surface area contributed by atoms with E-state index in [9.17, 15) is 19.2 Å². The Balaban J connectivity index is 2.07. The first-order valence-corrected chi connectivity index (χ1v) is 8.50. The van der Waals surface area contributed by atoms with Crippen LogP contribution in [0.4, 0.5) is 10.5 Å². The zero-order chi connectivity index (χ0) is 20.4. The van der Waals surface area contributed by atoms with Crippen LogP contribution in [0.15, 0.2) is 24.3 Å². The molecule has 2 rings (SSSR count). The SMILES string of the molecule is COc1ccc(N2C(=O)C(=O)N(C[NH+](C)CC(=O)NC(C)(C)C)C2=O)cc1. The quantitative estimate of drug-likeness (QED) is 0.508. The second-order valence-corrected chi connectivity index (χ2v) is 7.44. The van der Waals surface area contributed by atoms with Crippen molar-refractivity contribution in [3.05, 3.63) is 24.3 Å². The molecule has 1 unspecified atom stereocenters. The number of ether oxygens (including phenoxy) is 1. The first-order valence-electron chi connectivity index (χ1n) is 8.50. The number of hydrogen-bond donors (Lipinski definition) is 2. The fourth-order valence-corrected chi connectivity index (χ4v) is 2.67. The van der Waals surface area contributed by atoms with Gasteiger partial charge >= 0.3 is 17.8 Å². The van der Waals surface area contributed by atoms with Crippen LogP contribution in [0.1, 0.15) is 20.8 Å². The lowest BCUT2D eigenvalue weighted by Gasteiger charge is -2.23. The van der Waals surface area contributed by atoms with E-state index in [0.29, 0.717) is 10.6 Å². The lowest BCUT2D eigenvalue weighted by Crippen LogP contribution is -3.12. The Kier molecular flexibility index (Phi) is 5.85. The Labute approximate surface area is 157 Å². The number of nitrogens with zero attached hydrogens (tertiary/aromatic N) is 2. The molecule has 27 heavy (non-hydrogen) atoms. The van der Waals surface area contributed by atoms with Crippen LogP contribution in [0.2, 0.25) is 0 Å². The van der Waals surface area contributed by atoms with Gasteiger partial charge in [-0.1, -0.05) is 0 Å². The minimum atomic E-state index is -0.919. The molecule has 0 saturated carbocycles. The number of imide groups is 2. The zero-order valence-electron chi connectivity index (χ0n) is 16.2. The highest BCUT2D eigenvalue weighted by Crippen LogP contribution is 2.24. The van der Waals surface area contributed by atoms with Crippen LogP contribution in [-0.2, 0) is 14.4 Å². The van der Waals surface area contributed by atoms with Crippen molar-refractivity contribution in [3.8, 4) is 5.75 Å². The van der Waals surface area contributed by atoms with Gasteiger partial charge in [-0.05, 0) is 45.0 Å². The van der Waals surface area contributed by atoms with Gasteiger partial charge in [0, 0.05) is 5.54 Å². The van der Waals surface area contributed by atoms with Crippen LogP contribution in [0.5, 0.6) is 5.75 Å². The standard InChI is InChI=1S/C18H24N4O5/c1-18(2,3)19-14(23)10-20(4)11-21-15(24)16(25)22(17(21)26)12-6-8-13(27-5)9-7-12/h6-9H,10-11H2,1-5H3,(H,19,23)/p+1. The summed E-state index contributed by atoms with van der Waals surface area (Å²) in [5.41, 5.74) is -0.0950. The molecule has 5 amide bonds. The molecule has 0 aliphatic carbocycles. The van der Waals surface area contributed by atoms with E-state index >= 15 is 0 Å². The molecule has 9 heteroatoms. The Bertz CT molecular complexity index is 754. The maximum absolute atomic E-state index is 12.6. The fraction of sp³-hybridized carbons (Fsp3) is 0.444. The first-order chi connectivity index (χ1) is 12.5. The number of urea groups is 1. The monoisotopic (exact) mass is 377 g/mol. The molecular formula is C18H25N4O5+. The first kappa shape index (κ1) is 20.4. The summed E-state index contributed by atoms with van der Waals surface area (Å²) >= 11 is 0. The van der Waals surface area contributed by atoms with Crippen LogP contribution >= 0.6 is 0 Å². The zero-order valence-corrected chi connectivity index (χ0v) is 16.2. The van der Waals surface area contributed by atoms with E-state index < -0.39 is 17.8 Å². The molecule has 1 heterocycles. The van der Waals surface area contributed by atoms with Crippen LogP contribution in [-0.4, -0.2) is 61.6 Å². The van der Waals surface area contributed by atoms with E-state index in [2.05, 4.69) is 5.32 Å². The number of rotatable bonds is 6. The molecule has 0 spiro atoms. The van der Waals surface area contributed by atoms with Gasteiger partial charge in [0.25, 0.3) is 5.91 Å². The number of amides is 5. The van der Waals surface area contributed by atoms with E-state index in [1.54, 1.807) is 19.2 Å². The number of benzene rings is 1. The summed E-state index contributed by atoms with van der Waals surface area (Å²) in [6.07, 6.45) is 0. The molecule has 1 aliphatic rings. The summed E-state index contributed by atoms with van der Waals surface area (Å²) in [5, 5.41) is 2.81. The van der Waals surface area contributed by atoms with Gasteiger partial charge in [0.2, 0.25) is 0 Å². The van der Waals surface area contributed by atoms with Crippen molar-refractivity contribution in [2.75, 3.05) is 32.3 Å². The summed E-state index contributed by atoms with van der Waals surface area (Å²) in [6.45, 7) is 5.55. The largest absolute Gasteiger partial charge is 0.497 e. The smallest absolute Gasteiger partial charge is 0.343 e. The maximum atomic E-state index is 12.6. The van der Waals surface area contributed by atoms with E-state index in [1.807, 2.05) is 20.8 Å². The maximum Gasteiger partial charge on any atom is 0.343 e. The molecule has 2 N–H and O–H groups in total. The van der Waals surface area contributed by atoms with E-state index in [0.717, 1.165) is 9.80 Å². The normalized spacial score (nSPS) is 16.0. The average Bonchev–Trinajstić information content (AvgIpc) is 2.77. The second kappa shape index (κ2) is 7.75. The third-order valence-electron chi connectivity index (χ3n) is 3.79. The van der Waals surface area contributed by atoms with Gasteiger partial charge in [0.1, 0.15) is 5.75 Å². The number of nitrogens with one attached hydrogen (secondary N) is 2. The number of likely N-dealkylation sites (N-methyl/N-ethyl adjacent to an activating group) is 1. The molecule has 0 aromatic heterocycles. The van der Waals surface area contributed by atoms with Crippen LogP contribution in [0, 0.1) is 0 Å². The van der Waals surface area contributed by atoms with Crippen LogP contribution in [0.3, 0.4) is 0 Å². The molecule has 9 nitrogen and oxygen atoms in total. The molecule has 0 bridgehead atoms. The average molecular weight is 377 g/mol. The topological polar surface area (TPSA) is 100 Å². The van der Waals surface area contributed by atoms with Gasteiger partial charge in [0.05, 0.1) is 19.8 Å². The Hall–Kier alpha value is -2.94. The summed E-state index contributed by atoms with van der Waals surface area (Å²) in [5.74, 6) is -1.48. The number of methoxy groups -OCH3 is 1. The number of carbonyl (C=O) groups is 4. The van der Waals surface area contributed by atoms with Crippen molar-refractivity contribution >= 4 is 29.4 Å². The predicted molar refractivity (Wildman–Crippen MR) is 97.2 cm³/mol. The van der Waals surface area contributed by atoms with Crippen LogP contribution in [0.25, 0.3) is 0 Å². The minimum absolute atomic E-state index is 0.0606. The number of anilines is 1. The summed E-state index contributed by atoms with van der Waals surface area (Å²) in [7, 11) is 3.17. The van der Waals surface area contributed by atoms with Gasteiger partial charge in [-0.15, -0.1) is 0 Å². The molecular weight excluding hydrogens is 352 g/mol. The highest BCUT2D eigenvalue weighted by atomic mass is 16.5. The fourth-order valence-electron chi connectivity index (χ4n) is 2.67. The van der Waals surface area contributed by atoms with Crippen molar-refractivity contribution < 1.29 is 28.8 Å². The molecule has 1 aliphatic heterocycles. The number of quaternary nitrogens is 1. The van der Waals surface area contributed by atoms with Crippen molar-refractivity contribution in [1.82, 2.24) is 10.2 Å². The van der Waals surface area contributed by atoms with Gasteiger partial charge in [0.15, 0.2) is 13.2 Å². The van der Waals surface area contributed by atoms with Crippen molar-refractivity contribution in [1.29, 1.82) is 0 Å². The summed E-state index contributed by atoms with van der Waals surface area (Å²) in [4.78, 5) is 51.4. The third kappa shape index (κ3) is 4.82. The third-order valence-corrected chi connectivity index (χ3v) is 3.79. The van der Waals surface area contributed by atoms with Crippen molar-refractivity contribution in [3.63, 3.8) is 0 Å². The highest BCUT2D eigenvalue weighted by molar-refractivity contribution is 6.52. The van der Waals surface area contributed by atoms with Gasteiger partial charge < -0.3 is 15.0 Å². The molecule has 146 valence electrons. The van der Waals surface area contributed by atoms with E-state index in [4.69, 9.17) is 4.74 Å².